The Balaban J connectivity index is 1.95. The lowest BCUT2D eigenvalue weighted by Gasteiger charge is -2.18. The average Bonchev–Trinajstić information content (AvgIpc) is 2.51. The van der Waals surface area contributed by atoms with Crippen molar-refractivity contribution >= 4 is 12.0 Å². The molecule has 0 atom stereocenters. The molecule has 0 unspecified atom stereocenters. The van der Waals surface area contributed by atoms with Crippen LogP contribution in [0.1, 0.15) is 31.9 Å². The van der Waals surface area contributed by atoms with Crippen LogP contribution in [0.3, 0.4) is 0 Å². The maximum Gasteiger partial charge on any atom is 0.244 e. The molecule has 0 radical (unpaired) electrons. The van der Waals surface area contributed by atoms with Crippen LogP contribution in [0.2, 0.25) is 0 Å². The molecule has 0 aliphatic rings. The van der Waals surface area contributed by atoms with Crippen molar-refractivity contribution in [3.63, 3.8) is 0 Å². The Morgan fingerprint density at radius 2 is 1.83 bits per heavy atom. The van der Waals surface area contributed by atoms with Gasteiger partial charge in [0.15, 0.2) is 0 Å². The lowest BCUT2D eigenvalue weighted by Crippen LogP contribution is -2.39. The Morgan fingerprint density at radius 3 is 2.52 bits per heavy atom. The molecule has 2 rings (SSSR count). The highest BCUT2D eigenvalue weighted by Gasteiger charge is 2.11. The third-order valence-corrected chi connectivity index (χ3v) is 3.03. The molecular weight excluding hydrogens is 286 g/mol. The van der Waals surface area contributed by atoms with Crippen molar-refractivity contribution in [2.24, 2.45) is 0 Å². The van der Waals surface area contributed by atoms with Gasteiger partial charge in [-0.1, -0.05) is 42.5 Å². The zero-order chi connectivity index (χ0) is 16.7. The van der Waals surface area contributed by atoms with Gasteiger partial charge in [0, 0.05) is 11.6 Å². The Hall–Kier alpha value is -2.55. The number of ether oxygens (including phenoxy) is 1. The predicted molar refractivity (Wildman–Crippen MR) is 94.1 cm³/mol. The van der Waals surface area contributed by atoms with Crippen molar-refractivity contribution in [2.75, 3.05) is 0 Å². The van der Waals surface area contributed by atoms with E-state index in [2.05, 4.69) is 5.32 Å². The number of carbonyl (C=O) groups is 1. The quantitative estimate of drug-likeness (QED) is 0.841. The van der Waals surface area contributed by atoms with Crippen LogP contribution in [-0.4, -0.2) is 11.4 Å². The highest BCUT2D eigenvalue weighted by atomic mass is 16.5. The van der Waals surface area contributed by atoms with Crippen molar-refractivity contribution in [1.82, 2.24) is 5.32 Å². The fourth-order valence-corrected chi connectivity index (χ4v) is 2.03. The fourth-order valence-electron chi connectivity index (χ4n) is 2.03. The van der Waals surface area contributed by atoms with E-state index in [1.807, 2.05) is 75.4 Å². The molecule has 0 bridgehead atoms. The second-order valence-electron chi connectivity index (χ2n) is 6.42. The second kappa shape index (κ2) is 7.63. The van der Waals surface area contributed by atoms with Gasteiger partial charge in [-0.25, -0.2) is 0 Å². The molecule has 3 nitrogen and oxygen atoms in total. The van der Waals surface area contributed by atoms with Crippen molar-refractivity contribution in [3.05, 3.63) is 71.8 Å². The minimum atomic E-state index is -0.234. The van der Waals surface area contributed by atoms with Gasteiger partial charge < -0.3 is 10.1 Å². The molecule has 1 amide bonds. The van der Waals surface area contributed by atoms with Crippen LogP contribution in [0.25, 0.3) is 6.08 Å². The molecule has 23 heavy (non-hydrogen) atoms. The largest absolute Gasteiger partial charge is 0.489 e. The van der Waals surface area contributed by atoms with Crippen LogP contribution >= 0.6 is 0 Å². The molecule has 120 valence electrons. The lowest BCUT2D eigenvalue weighted by molar-refractivity contribution is -0.117. The molecule has 1 N–H and O–H groups in total. The maximum atomic E-state index is 11.8. The van der Waals surface area contributed by atoms with E-state index in [0.29, 0.717) is 6.61 Å². The number of benzene rings is 2. The number of hydrogen-bond acceptors (Lipinski definition) is 2. The first-order chi connectivity index (χ1) is 10.9. The van der Waals surface area contributed by atoms with E-state index in [-0.39, 0.29) is 11.4 Å². The summed E-state index contributed by atoms with van der Waals surface area (Å²) in [5.74, 6) is 0.681. The summed E-state index contributed by atoms with van der Waals surface area (Å²) in [6.07, 6.45) is 3.33. The summed E-state index contributed by atoms with van der Waals surface area (Å²) in [5, 5.41) is 2.89. The van der Waals surface area contributed by atoms with E-state index in [1.165, 1.54) is 0 Å². The molecular formula is C20H23NO2. The van der Waals surface area contributed by atoms with Crippen molar-refractivity contribution in [2.45, 2.75) is 32.9 Å². The van der Waals surface area contributed by atoms with Crippen LogP contribution in [-0.2, 0) is 11.4 Å². The van der Waals surface area contributed by atoms with Gasteiger partial charge >= 0.3 is 0 Å². The molecule has 0 aliphatic heterocycles. The van der Waals surface area contributed by atoms with Crippen molar-refractivity contribution < 1.29 is 9.53 Å². The molecule has 3 heteroatoms. The predicted octanol–water partition coefficient (Wildman–Crippen LogP) is 4.19. The minimum Gasteiger partial charge on any atom is -0.489 e. The number of carbonyl (C=O) groups excluding carboxylic acids is 1. The molecule has 0 fully saturated rings. The first-order valence-corrected chi connectivity index (χ1v) is 7.69. The lowest BCUT2D eigenvalue weighted by atomic mass is 10.1. The van der Waals surface area contributed by atoms with E-state index in [9.17, 15) is 4.79 Å². The molecule has 0 heterocycles. The van der Waals surface area contributed by atoms with Crippen LogP contribution in [0, 0.1) is 0 Å². The van der Waals surface area contributed by atoms with Gasteiger partial charge in [0.05, 0.1) is 0 Å². The Morgan fingerprint density at radius 1 is 1.09 bits per heavy atom. The molecule has 0 saturated carbocycles. The second-order valence-corrected chi connectivity index (χ2v) is 6.42. The van der Waals surface area contributed by atoms with Gasteiger partial charge in [0.2, 0.25) is 5.91 Å². The van der Waals surface area contributed by atoms with E-state index in [0.717, 1.165) is 16.9 Å². The monoisotopic (exact) mass is 309 g/mol. The smallest absolute Gasteiger partial charge is 0.244 e. The summed E-state index contributed by atoms with van der Waals surface area (Å²) in [7, 11) is 0. The van der Waals surface area contributed by atoms with E-state index in [4.69, 9.17) is 4.74 Å². The molecule has 2 aromatic rings. The number of hydrogen-bond donors (Lipinski definition) is 1. The third-order valence-electron chi connectivity index (χ3n) is 3.03. The first-order valence-electron chi connectivity index (χ1n) is 7.69. The van der Waals surface area contributed by atoms with Gasteiger partial charge in [-0.05, 0) is 50.1 Å². The normalized spacial score (nSPS) is 11.4. The zero-order valence-corrected chi connectivity index (χ0v) is 13.9. The number of nitrogens with one attached hydrogen (secondary N) is 1. The van der Waals surface area contributed by atoms with Crippen LogP contribution < -0.4 is 10.1 Å². The first kappa shape index (κ1) is 16.8. The maximum absolute atomic E-state index is 11.8. The summed E-state index contributed by atoms with van der Waals surface area (Å²) in [4.78, 5) is 11.8. The summed E-state index contributed by atoms with van der Waals surface area (Å²) >= 11 is 0. The Bertz CT molecular complexity index is 670. The topological polar surface area (TPSA) is 38.3 Å². The number of rotatable bonds is 5. The van der Waals surface area contributed by atoms with Crippen LogP contribution in [0.4, 0.5) is 0 Å². The molecule has 0 aliphatic carbocycles. The van der Waals surface area contributed by atoms with Gasteiger partial charge in [-0.3, -0.25) is 4.79 Å². The molecule has 0 aromatic heterocycles. The Kier molecular flexibility index (Phi) is 5.58. The molecule has 0 saturated heterocycles. The van der Waals surface area contributed by atoms with E-state index in [1.54, 1.807) is 12.2 Å². The molecule has 2 aromatic carbocycles. The minimum absolute atomic E-state index is 0.104. The summed E-state index contributed by atoms with van der Waals surface area (Å²) in [5.41, 5.74) is 1.82. The van der Waals surface area contributed by atoms with Crippen molar-refractivity contribution in [1.29, 1.82) is 0 Å². The third kappa shape index (κ3) is 6.39. The highest BCUT2D eigenvalue weighted by Crippen LogP contribution is 2.16. The van der Waals surface area contributed by atoms with Crippen LogP contribution in [0.5, 0.6) is 5.75 Å². The van der Waals surface area contributed by atoms with Gasteiger partial charge in [0.1, 0.15) is 12.4 Å². The van der Waals surface area contributed by atoms with Gasteiger partial charge in [-0.15, -0.1) is 0 Å². The SMILES string of the molecule is CC(C)(C)NC(=O)/C=C\c1cccc(OCc2ccccc2)c1. The zero-order valence-electron chi connectivity index (χ0n) is 13.9. The average molecular weight is 309 g/mol. The highest BCUT2D eigenvalue weighted by molar-refractivity contribution is 5.92. The fraction of sp³-hybridized carbons (Fsp3) is 0.250. The van der Waals surface area contributed by atoms with Crippen LogP contribution in [0.15, 0.2) is 60.7 Å². The van der Waals surface area contributed by atoms with E-state index >= 15 is 0 Å². The molecule has 0 spiro atoms. The Labute approximate surface area is 138 Å². The van der Waals surface area contributed by atoms with Gasteiger partial charge in [-0.2, -0.15) is 0 Å². The standard InChI is InChI=1S/C20H23NO2/c1-20(2,3)21-19(22)13-12-16-10-7-11-18(14-16)23-15-17-8-5-4-6-9-17/h4-14H,15H2,1-3H3,(H,21,22)/b13-12-. The van der Waals surface area contributed by atoms with E-state index < -0.39 is 0 Å². The van der Waals surface area contributed by atoms with Crippen molar-refractivity contribution in [3.8, 4) is 5.75 Å². The number of amides is 1. The summed E-state index contributed by atoms with van der Waals surface area (Å²) in [6.45, 7) is 6.39. The summed E-state index contributed by atoms with van der Waals surface area (Å²) < 4.78 is 5.79. The van der Waals surface area contributed by atoms with Gasteiger partial charge in [0.25, 0.3) is 0 Å². The summed E-state index contributed by atoms with van der Waals surface area (Å²) in [6, 6.07) is 17.7.